The van der Waals surface area contributed by atoms with E-state index in [1.54, 1.807) is 0 Å². The van der Waals surface area contributed by atoms with Crippen LogP contribution in [0.2, 0.25) is 0 Å². The normalized spacial score (nSPS) is 14.9. The Morgan fingerprint density at radius 1 is 0.574 bits per heavy atom. The summed E-state index contributed by atoms with van der Waals surface area (Å²) >= 11 is 0. The van der Waals surface area contributed by atoms with Crippen molar-refractivity contribution in [1.29, 1.82) is 0 Å². The van der Waals surface area contributed by atoms with E-state index < -0.39 is 0 Å². The Morgan fingerprint density at radius 2 is 1.02 bits per heavy atom. The number of nitrogens with zero attached hydrogens (tertiary/aromatic N) is 1. The van der Waals surface area contributed by atoms with Crippen LogP contribution in [0, 0.1) is 17.5 Å². The summed E-state index contributed by atoms with van der Waals surface area (Å²) in [7, 11) is 1.50. The van der Waals surface area contributed by atoms with Crippen LogP contribution in [0.3, 0.4) is 0 Å². The molecule has 1 unspecified atom stereocenters. The van der Waals surface area contributed by atoms with Gasteiger partial charge in [-0.25, -0.2) is 13.2 Å². The Bertz CT molecular complexity index is 1630. The summed E-state index contributed by atoms with van der Waals surface area (Å²) < 4.78 is 39.3. The fraction of sp³-hybridized carbons (Fsp3) is 0.250. The predicted octanol–water partition coefficient (Wildman–Crippen LogP) is 7.37. The van der Waals surface area contributed by atoms with Crippen LogP contribution in [0.4, 0.5) is 18.9 Å². The summed E-state index contributed by atoms with van der Waals surface area (Å²) in [6, 6.07) is 35.6. The zero-order valence-electron chi connectivity index (χ0n) is 26.8. The number of benzene rings is 5. The minimum atomic E-state index is -0.229. The fourth-order valence-electron chi connectivity index (χ4n) is 6.40. The van der Waals surface area contributed by atoms with E-state index >= 15 is 0 Å². The van der Waals surface area contributed by atoms with Crippen molar-refractivity contribution in [1.82, 2.24) is 10.2 Å². The second-order valence-electron chi connectivity index (χ2n) is 12.1. The number of halogens is 3. The Morgan fingerprint density at radius 3 is 1.53 bits per heavy atom. The molecule has 7 rings (SSSR count). The molecule has 0 bridgehead atoms. The van der Waals surface area contributed by atoms with Gasteiger partial charge in [-0.1, -0.05) is 66.7 Å². The van der Waals surface area contributed by atoms with Crippen LogP contribution >= 0.6 is 0 Å². The predicted molar refractivity (Wildman–Crippen MR) is 185 cm³/mol. The number of anilines is 1. The molecule has 0 saturated carbocycles. The van der Waals surface area contributed by atoms with Gasteiger partial charge < -0.3 is 16.8 Å². The van der Waals surface area contributed by atoms with Crippen molar-refractivity contribution in [2.24, 2.45) is 5.73 Å². The largest absolute Gasteiger partial charge is 0.399 e. The van der Waals surface area contributed by atoms with E-state index in [-0.39, 0.29) is 17.5 Å². The van der Waals surface area contributed by atoms with Gasteiger partial charge in [-0.3, -0.25) is 4.90 Å². The summed E-state index contributed by atoms with van der Waals surface area (Å²) in [6.07, 6.45) is 4.08. The highest BCUT2D eigenvalue weighted by Gasteiger charge is 2.27. The minimum absolute atomic E-state index is 0.174. The van der Waals surface area contributed by atoms with Gasteiger partial charge in [-0.05, 0) is 120 Å². The zero-order chi connectivity index (χ0) is 33.2. The lowest BCUT2D eigenvalue weighted by Gasteiger charge is -2.29. The van der Waals surface area contributed by atoms with E-state index in [0.29, 0.717) is 25.2 Å². The first-order chi connectivity index (χ1) is 22.9. The molecular weight excluding hydrogens is 593 g/mol. The average Bonchev–Trinajstić information content (AvgIpc) is 3.71. The van der Waals surface area contributed by atoms with E-state index in [4.69, 9.17) is 5.73 Å². The summed E-state index contributed by atoms with van der Waals surface area (Å²) in [6.45, 7) is 2.23. The van der Waals surface area contributed by atoms with Crippen molar-refractivity contribution in [2.75, 3.05) is 12.8 Å². The molecule has 0 aliphatic heterocycles. The van der Waals surface area contributed by atoms with E-state index in [9.17, 15) is 13.2 Å². The first-order valence-corrected chi connectivity index (χ1v) is 16.1. The molecular formula is C40H43F3N4. The molecule has 7 heteroatoms. The maximum absolute atomic E-state index is 13.3. The van der Waals surface area contributed by atoms with Crippen LogP contribution in [0.25, 0.3) is 0 Å². The molecule has 0 saturated heterocycles. The van der Waals surface area contributed by atoms with Gasteiger partial charge in [0.2, 0.25) is 0 Å². The molecule has 4 nitrogen and oxygen atoms in total. The Kier molecular flexibility index (Phi) is 11.8. The number of hydrogen-bond acceptors (Lipinski definition) is 4. The lowest BCUT2D eigenvalue weighted by atomic mass is 10.1. The summed E-state index contributed by atoms with van der Waals surface area (Å²) in [5, 5.41) is 3.54. The van der Waals surface area contributed by atoms with Crippen molar-refractivity contribution in [3.05, 3.63) is 172 Å². The topological polar surface area (TPSA) is 67.3 Å². The molecule has 0 fully saturated rings. The van der Waals surface area contributed by atoms with Crippen LogP contribution in [0.15, 0.2) is 115 Å². The molecule has 5 aromatic rings. The van der Waals surface area contributed by atoms with Gasteiger partial charge in [0.1, 0.15) is 17.5 Å². The Hall–Kier alpha value is -4.43. The second kappa shape index (κ2) is 16.4. The number of hydrogen-bond donors (Lipinski definition) is 3. The maximum Gasteiger partial charge on any atom is 0.123 e. The number of fused-ring (bicyclic) bond motifs is 2. The van der Waals surface area contributed by atoms with Gasteiger partial charge in [0, 0.05) is 37.4 Å². The highest BCUT2D eigenvalue weighted by atomic mass is 19.1. The second-order valence-corrected chi connectivity index (χ2v) is 12.1. The number of nitrogen functional groups attached to an aromatic ring is 1. The van der Waals surface area contributed by atoms with Crippen LogP contribution < -0.4 is 16.8 Å². The monoisotopic (exact) mass is 636 g/mol. The molecule has 0 radical (unpaired) electrons. The first-order valence-electron chi connectivity index (χ1n) is 16.1. The molecule has 0 heterocycles. The van der Waals surface area contributed by atoms with Gasteiger partial charge in [0.05, 0.1) is 0 Å². The standard InChI is InChI=1S/C23H22F2N2.C16H16FN.CH5N/c24-20-6-1-16(2-7-20)14-27(15-17-3-8-21(25)9-4-17)23-12-18-5-10-22(26)11-19(18)13-23;17-15-7-5-12(6-8-15)11-18-16-9-13-3-1-2-4-14(13)10-16;1-2/h1-11,23H,12-15,26H2;1-8,16,18H,9-11H2;2H2,1H3. The highest BCUT2D eigenvalue weighted by Crippen LogP contribution is 2.29. The van der Waals surface area contributed by atoms with Crippen LogP contribution in [-0.2, 0) is 45.3 Å². The van der Waals surface area contributed by atoms with E-state index in [1.165, 1.54) is 65.7 Å². The van der Waals surface area contributed by atoms with Gasteiger partial charge in [-0.2, -0.15) is 0 Å². The summed E-state index contributed by atoms with van der Waals surface area (Å²) in [5.74, 6) is -0.632. The van der Waals surface area contributed by atoms with E-state index in [2.05, 4.69) is 52.3 Å². The molecule has 1 atom stereocenters. The van der Waals surface area contributed by atoms with Gasteiger partial charge in [0.15, 0.2) is 0 Å². The number of nitrogens with one attached hydrogen (secondary N) is 1. The molecule has 5 aromatic carbocycles. The van der Waals surface area contributed by atoms with Crippen molar-refractivity contribution < 1.29 is 13.2 Å². The van der Waals surface area contributed by atoms with Crippen LogP contribution in [0.5, 0.6) is 0 Å². The van der Waals surface area contributed by atoms with Crippen LogP contribution in [-0.4, -0.2) is 24.0 Å². The molecule has 2 aliphatic rings. The molecule has 0 aromatic heterocycles. The third-order valence-electron chi connectivity index (χ3n) is 8.81. The highest BCUT2D eigenvalue weighted by molar-refractivity contribution is 5.47. The zero-order valence-corrected chi connectivity index (χ0v) is 26.8. The third kappa shape index (κ3) is 9.55. The Labute approximate surface area is 276 Å². The van der Waals surface area contributed by atoms with E-state index in [0.717, 1.165) is 54.6 Å². The molecule has 5 N–H and O–H groups in total. The molecule has 0 spiro atoms. The SMILES string of the molecule is CN.Fc1ccc(CNC2Cc3ccccc3C2)cc1.Nc1ccc2c(c1)CC(N(Cc1ccc(F)cc1)Cc1ccc(F)cc1)C2. The van der Waals surface area contributed by atoms with E-state index in [1.807, 2.05) is 42.5 Å². The van der Waals surface area contributed by atoms with Crippen molar-refractivity contribution in [3.8, 4) is 0 Å². The molecule has 0 amide bonds. The smallest absolute Gasteiger partial charge is 0.123 e. The first kappa shape index (κ1) is 33.9. The van der Waals surface area contributed by atoms with Gasteiger partial charge in [0.25, 0.3) is 0 Å². The van der Waals surface area contributed by atoms with Crippen molar-refractivity contribution >= 4 is 5.69 Å². The third-order valence-corrected chi connectivity index (χ3v) is 8.81. The summed E-state index contributed by atoms with van der Waals surface area (Å²) in [4.78, 5) is 2.39. The van der Waals surface area contributed by atoms with Crippen molar-refractivity contribution in [3.63, 3.8) is 0 Å². The Balaban J connectivity index is 0.000000188. The molecule has 47 heavy (non-hydrogen) atoms. The van der Waals surface area contributed by atoms with Crippen LogP contribution in [0.1, 0.15) is 38.9 Å². The van der Waals surface area contributed by atoms with Gasteiger partial charge >= 0.3 is 0 Å². The number of rotatable bonds is 8. The minimum Gasteiger partial charge on any atom is -0.399 e. The molecule has 244 valence electrons. The van der Waals surface area contributed by atoms with Crippen molar-refractivity contribution in [2.45, 2.75) is 57.4 Å². The number of nitrogens with two attached hydrogens (primary N) is 2. The quantitative estimate of drug-likeness (QED) is 0.156. The lowest BCUT2D eigenvalue weighted by Crippen LogP contribution is -2.35. The van der Waals surface area contributed by atoms with Gasteiger partial charge in [-0.15, -0.1) is 0 Å². The summed E-state index contributed by atoms with van der Waals surface area (Å²) in [5.41, 5.74) is 20.0. The average molecular weight is 637 g/mol. The molecule has 2 aliphatic carbocycles. The fourth-order valence-corrected chi connectivity index (χ4v) is 6.40. The maximum atomic E-state index is 13.3. The lowest BCUT2D eigenvalue weighted by molar-refractivity contribution is 0.183.